The molecule has 5 nitrogen and oxygen atoms in total. The molecule has 3 rings (SSSR count). The Morgan fingerprint density at radius 3 is 2.29 bits per heavy atom. The number of rotatable bonds is 7. The first-order valence-electron chi connectivity index (χ1n) is 8.96. The number of nitrogens with one attached hydrogen (secondary N) is 2. The summed E-state index contributed by atoms with van der Waals surface area (Å²) in [6, 6.07) is 22.9. The van der Waals surface area contributed by atoms with Crippen LogP contribution in [0.1, 0.15) is 21.5 Å². The zero-order valence-corrected chi connectivity index (χ0v) is 16.4. The Bertz CT molecular complexity index is 1050. The average Bonchev–Trinajstić information content (AvgIpc) is 2.68. The van der Waals surface area contributed by atoms with Gasteiger partial charge in [-0.25, -0.2) is 8.42 Å². The van der Waals surface area contributed by atoms with Crippen LogP contribution < -0.4 is 10.0 Å². The topological polar surface area (TPSA) is 75.3 Å². The summed E-state index contributed by atoms with van der Waals surface area (Å²) in [5.74, 6) is -0.230. The molecule has 144 valence electrons. The van der Waals surface area contributed by atoms with Gasteiger partial charge in [-0.1, -0.05) is 42.5 Å². The lowest BCUT2D eigenvalue weighted by Crippen LogP contribution is -2.25. The molecule has 3 aromatic carbocycles. The molecule has 0 bridgehead atoms. The van der Waals surface area contributed by atoms with Crippen molar-refractivity contribution < 1.29 is 13.2 Å². The fraction of sp³-hybridized carbons (Fsp3) is 0.136. The number of carbonyl (C=O) groups excluding carboxylic acids is 1. The molecule has 28 heavy (non-hydrogen) atoms. The molecule has 2 N–H and O–H groups in total. The molecule has 0 aliphatic carbocycles. The molecule has 0 spiro atoms. The minimum absolute atomic E-state index is 0.106. The van der Waals surface area contributed by atoms with Crippen molar-refractivity contribution in [3.8, 4) is 0 Å². The predicted molar refractivity (Wildman–Crippen MR) is 111 cm³/mol. The Morgan fingerprint density at radius 1 is 0.893 bits per heavy atom. The number of sulfonamides is 1. The van der Waals surface area contributed by atoms with E-state index in [9.17, 15) is 13.2 Å². The number of aryl methyl sites for hydroxylation is 1. The maximum Gasteiger partial charge on any atom is 0.261 e. The van der Waals surface area contributed by atoms with E-state index in [1.54, 1.807) is 18.2 Å². The number of amides is 1. The minimum Gasteiger partial charge on any atom is -0.352 e. The van der Waals surface area contributed by atoms with Crippen LogP contribution in [0.5, 0.6) is 0 Å². The molecule has 0 aliphatic heterocycles. The van der Waals surface area contributed by atoms with Crippen molar-refractivity contribution in [2.24, 2.45) is 0 Å². The van der Waals surface area contributed by atoms with Crippen LogP contribution in [0.3, 0.4) is 0 Å². The summed E-state index contributed by atoms with van der Waals surface area (Å²) in [4.78, 5) is 12.4. The lowest BCUT2D eigenvalue weighted by molar-refractivity contribution is 0.0954. The molecule has 0 radical (unpaired) electrons. The van der Waals surface area contributed by atoms with Crippen molar-refractivity contribution in [3.63, 3.8) is 0 Å². The van der Waals surface area contributed by atoms with E-state index in [0.29, 0.717) is 17.8 Å². The molecule has 0 unspecified atom stereocenters. The lowest BCUT2D eigenvalue weighted by Gasteiger charge is -2.10. The van der Waals surface area contributed by atoms with Gasteiger partial charge < -0.3 is 5.32 Å². The van der Waals surface area contributed by atoms with Crippen LogP contribution in [0.2, 0.25) is 0 Å². The van der Waals surface area contributed by atoms with Gasteiger partial charge in [0.15, 0.2) is 0 Å². The van der Waals surface area contributed by atoms with Crippen molar-refractivity contribution in [1.29, 1.82) is 0 Å². The molecule has 0 atom stereocenters. The Hall–Kier alpha value is -3.12. The second-order valence-electron chi connectivity index (χ2n) is 6.49. The predicted octanol–water partition coefficient (Wildman–Crippen LogP) is 3.77. The van der Waals surface area contributed by atoms with Crippen LogP contribution in [0, 0.1) is 6.92 Å². The summed E-state index contributed by atoms with van der Waals surface area (Å²) < 4.78 is 27.6. The third-order valence-corrected chi connectivity index (χ3v) is 5.64. The van der Waals surface area contributed by atoms with E-state index in [1.807, 2.05) is 43.3 Å². The molecule has 0 fully saturated rings. The van der Waals surface area contributed by atoms with Crippen molar-refractivity contribution >= 4 is 21.6 Å². The van der Waals surface area contributed by atoms with Crippen molar-refractivity contribution in [2.75, 3.05) is 11.3 Å². The molecular weight excluding hydrogens is 372 g/mol. The third kappa shape index (κ3) is 5.20. The van der Waals surface area contributed by atoms with Gasteiger partial charge >= 0.3 is 0 Å². The normalized spacial score (nSPS) is 11.0. The van der Waals surface area contributed by atoms with Gasteiger partial charge in [0.1, 0.15) is 0 Å². The second kappa shape index (κ2) is 8.71. The maximum atomic E-state index is 12.5. The standard InChI is InChI=1S/C22H22N2O3S/c1-17-6-5-9-20(16-17)24-28(26,27)21-12-10-19(11-13-21)22(25)23-15-14-18-7-3-2-4-8-18/h2-13,16,24H,14-15H2,1H3,(H,23,25). The lowest BCUT2D eigenvalue weighted by atomic mass is 10.1. The van der Waals surface area contributed by atoms with Gasteiger partial charge in [0.25, 0.3) is 15.9 Å². The molecule has 0 aromatic heterocycles. The quantitative estimate of drug-likeness (QED) is 0.641. The van der Waals surface area contributed by atoms with Crippen LogP contribution in [0.15, 0.2) is 83.8 Å². The van der Waals surface area contributed by atoms with Crippen molar-refractivity contribution in [3.05, 3.63) is 95.6 Å². The van der Waals surface area contributed by atoms with Crippen molar-refractivity contribution in [2.45, 2.75) is 18.2 Å². The zero-order chi connectivity index (χ0) is 20.0. The molecule has 0 heterocycles. The summed E-state index contributed by atoms with van der Waals surface area (Å²) in [7, 11) is -3.71. The van der Waals surface area contributed by atoms with Crippen LogP contribution in [0.4, 0.5) is 5.69 Å². The van der Waals surface area contributed by atoms with Crippen LogP contribution in [-0.4, -0.2) is 20.9 Å². The molecule has 0 saturated heterocycles. The summed E-state index contributed by atoms with van der Waals surface area (Å²) in [5, 5.41) is 2.85. The smallest absolute Gasteiger partial charge is 0.261 e. The first-order valence-corrected chi connectivity index (χ1v) is 10.4. The average molecular weight is 394 g/mol. The van der Waals surface area contributed by atoms with E-state index in [2.05, 4.69) is 10.0 Å². The monoisotopic (exact) mass is 394 g/mol. The van der Waals surface area contributed by atoms with Gasteiger partial charge in [-0.3, -0.25) is 9.52 Å². The first kappa shape index (κ1) is 19.6. The highest BCUT2D eigenvalue weighted by Crippen LogP contribution is 2.17. The summed E-state index contributed by atoms with van der Waals surface area (Å²) >= 11 is 0. The van der Waals surface area contributed by atoms with Crippen LogP contribution in [-0.2, 0) is 16.4 Å². The third-order valence-electron chi connectivity index (χ3n) is 4.24. The SMILES string of the molecule is Cc1cccc(NS(=O)(=O)c2ccc(C(=O)NCCc3ccccc3)cc2)c1. The summed E-state index contributed by atoms with van der Waals surface area (Å²) in [6.45, 7) is 2.40. The van der Waals surface area contributed by atoms with E-state index < -0.39 is 10.0 Å². The van der Waals surface area contributed by atoms with E-state index in [1.165, 1.54) is 24.3 Å². The molecule has 0 saturated carbocycles. The Labute approximate surface area is 165 Å². The van der Waals surface area contributed by atoms with E-state index in [4.69, 9.17) is 0 Å². The first-order chi connectivity index (χ1) is 13.4. The van der Waals surface area contributed by atoms with Crippen LogP contribution in [0.25, 0.3) is 0 Å². The van der Waals surface area contributed by atoms with Gasteiger partial charge in [0.05, 0.1) is 4.90 Å². The van der Waals surface area contributed by atoms with Crippen molar-refractivity contribution in [1.82, 2.24) is 5.32 Å². The zero-order valence-electron chi connectivity index (χ0n) is 15.6. The summed E-state index contributed by atoms with van der Waals surface area (Å²) in [5.41, 5.74) is 3.03. The van der Waals surface area contributed by atoms with E-state index in [-0.39, 0.29) is 10.8 Å². The van der Waals surface area contributed by atoms with E-state index >= 15 is 0 Å². The number of carbonyl (C=O) groups is 1. The van der Waals surface area contributed by atoms with Crippen LogP contribution >= 0.6 is 0 Å². The number of hydrogen-bond donors (Lipinski definition) is 2. The Kier molecular flexibility index (Phi) is 6.11. The van der Waals surface area contributed by atoms with Gasteiger partial charge in [0.2, 0.25) is 0 Å². The molecule has 3 aromatic rings. The Balaban J connectivity index is 1.61. The molecule has 6 heteroatoms. The minimum atomic E-state index is -3.71. The van der Waals surface area contributed by atoms with Gasteiger partial charge in [-0.2, -0.15) is 0 Å². The highest BCUT2D eigenvalue weighted by molar-refractivity contribution is 7.92. The number of hydrogen-bond acceptors (Lipinski definition) is 3. The fourth-order valence-corrected chi connectivity index (χ4v) is 3.82. The van der Waals surface area contributed by atoms with E-state index in [0.717, 1.165) is 17.5 Å². The van der Waals surface area contributed by atoms with Gasteiger partial charge in [-0.15, -0.1) is 0 Å². The number of anilines is 1. The fourth-order valence-electron chi connectivity index (χ4n) is 2.78. The highest BCUT2D eigenvalue weighted by Gasteiger charge is 2.15. The highest BCUT2D eigenvalue weighted by atomic mass is 32.2. The molecular formula is C22H22N2O3S. The largest absolute Gasteiger partial charge is 0.352 e. The van der Waals surface area contributed by atoms with Gasteiger partial charge in [0, 0.05) is 17.8 Å². The molecule has 1 amide bonds. The Morgan fingerprint density at radius 2 is 1.61 bits per heavy atom. The maximum absolute atomic E-state index is 12.5. The second-order valence-corrected chi connectivity index (χ2v) is 8.17. The molecule has 0 aliphatic rings. The number of benzene rings is 3. The summed E-state index contributed by atoms with van der Waals surface area (Å²) in [6.07, 6.45) is 0.736. The van der Waals surface area contributed by atoms with Gasteiger partial charge in [-0.05, 0) is 60.9 Å².